The molecular formula is C14H19NO4. The van der Waals surface area contributed by atoms with Crippen molar-refractivity contribution in [2.75, 3.05) is 6.54 Å². The maximum atomic E-state index is 11.4. The predicted molar refractivity (Wildman–Crippen MR) is 70.6 cm³/mol. The number of benzene rings is 1. The van der Waals surface area contributed by atoms with Gasteiger partial charge in [0.15, 0.2) is 0 Å². The fraction of sp³-hybridized carbons (Fsp3) is 0.429. The van der Waals surface area contributed by atoms with E-state index in [-0.39, 0.29) is 19.1 Å². The zero-order valence-electron chi connectivity index (χ0n) is 11.1. The molecule has 0 bridgehead atoms. The van der Waals surface area contributed by atoms with E-state index in [4.69, 9.17) is 9.84 Å². The number of ether oxygens (including phenoxy) is 1. The molecule has 0 aliphatic rings. The standard InChI is InChI=1S/C14H19NO4/c1-10(11(2)13(16)17)8-15-14(18)19-9-12-6-4-3-5-7-12/h3-7,10-11H,8-9H2,1-2H3,(H,15,18)(H,16,17). The summed E-state index contributed by atoms with van der Waals surface area (Å²) in [6.45, 7) is 3.87. The van der Waals surface area contributed by atoms with Gasteiger partial charge in [-0.3, -0.25) is 4.79 Å². The van der Waals surface area contributed by atoms with Gasteiger partial charge in [-0.25, -0.2) is 4.79 Å². The van der Waals surface area contributed by atoms with Gasteiger partial charge in [-0.15, -0.1) is 0 Å². The zero-order chi connectivity index (χ0) is 14.3. The Morgan fingerprint density at radius 2 is 1.89 bits per heavy atom. The summed E-state index contributed by atoms with van der Waals surface area (Å²) in [7, 11) is 0. The maximum absolute atomic E-state index is 11.4. The second-order valence-electron chi connectivity index (χ2n) is 4.55. The quantitative estimate of drug-likeness (QED) is 0.827. The number of carbonyl (C=O) groups is 2. The number of amides is 1. The maximum Gasteiger partial charge on any atom is 0.407 e. The van der Waals surface area contributed by atoms with Crippen LogP contribution in [0.1, 0.15) is 19.4 Å². The monoisotopic (exact) mass is 265 g/mol. The van der Waals surface area contributed by atoms with Crippen LogP contribution in [0.3, 0.4) is 0 Å². The Morgan fingerprint density at radius 3 is 2.47 bits per heavy atom. The number of carboxylic acids is 1. The third-order valence-electron chi connectivity index (χ3n) is 3.02. The Bertz CT molecular complexity index is 419. The average Bonchev–Trinajstić information content (AvgIpc) is 2.42. The van der Waals surface area contributed by atoms with Crippen molar-refractivity contribution in [3.05, 3.63) is 35.9 Å². The van der Waals surface area contributed by atoms with Crippen molar-refractivity contribution in [3.8, 4) is 0 Å². The molecule has 104 valence electrons. The number of rotatable bonds is 6. The molecule has 0 fully saturated rings. The summed E-state index contributed by atoms with van der Waals surface area (Å²) < 4.78 is 5.02. The Hall–Kier alpha value is -2.04. The van der Waals surface area contributed by atoms with E-state index in [0.29, 0.717) is 0 Å². The highest BCUT2D eigenvalue weighted by Crippen LogP contribution is 2.09. The average molecular weight is 265 g/mol. The second kappa shape index (κ2) is 7.41. The van der Waals surface area contributed by atoms with Gasteiger partial charge in [0.2, 0.25) is 0 Å². The highest BCUT2D eigenvalue weighted by Gasteiger charge is 2.19. The van der Waals surface area contributed by atoms with Gasteiger partial charge in [0.05, 0.1) is 5.92 Å². The molecule has 5 nitrogen and oxygen atoms in total. The summed E-state index contributed by atoms with van der Waals surface area (Å²) in [4.78, 5) is 22.2. The second-order valence-corrected chi connectivity index (χ2v) is 4.55. The van der Waals surface area contributed by atoms with Gasteiger partial charge in [-0.1, -0.05) is 44.2 Å². The first-order chi connectivity index (χ1) is 9.00. The number of hydrogen-bond acceptors (Lipinski definition) is 3. The third kappa shape index (κ3) is 5.42. The molecule has 0 aliphatic carbocycles. The molecule has 1 rings (SSSR count). The summed E-state index contributed by atoms with van der Waals surface area (Å²) in [6, 6.07) is 9.35. The van der Waals surface area contributed by atoms with Gasteiger partial charge >= 0.3 is 12.1 Å². The number of alkyl carbamates (subject to hydrolysis) is 1. The highest BCUT2D eigenvalue weighted by atomic mass is 16.5. The lowest BCUT2D eigenvalue weighted by Gasteiger charge is -2.16. The van der Waals surface area contributed by atoms with Gasteiger partial charge in [0.25, 0.3) is 0 Å². The normalized spacial score (nSPS) is 13.4. The van der Waals surface area contributed by atoms with Crippen molar-refractivity contribution in [3.63, 3.8) is 0 Å². The van der Waals surface area contributed by atoms with Crippen LogP contribution in [-0.4, -0.2) is 23.7 Å². The molecule has 1 amide bonds. The van der Waals surface area contributed by atoms with E-state index >= 15 is 0 Å². The molecule has 19 heavy (non-hydrogen) atoms. The first-order valence-electron chi connectivity index (χ1n) is 6.18. The number of carbonyl (C=O) groups excluding carboxylic acids is 1. The van der Waals surface area contributed by atoms with Crippen molar-refractivity contribution < 1.29 is 19.4 Å². The van der Waals surface area contributed by atoms with Crippen LogP contribution in [0.2, 0.25) is 0 Å². The lowest BCUT2D eigenvalue weighted by atomic mass is 9.96. The van der Waals surface area contributed by atoms with E-state index in [1.165, 1.54) is 0 Å². The minimum atomic E-state index is -0.869. The van der Waals surface area contributed by atoms with Crippen molar-refractivity contribution >= 4 is 12.1 Å². The molecule has 1 aromatic rings. The van der Waals surface area contributed by atoms with Crippen LogP contribution in [0, 0.1) is 11.8 Å². The fourth-order valence-corrected chi connectivity index (χ4v) is 1.44. The van der Waals surface area contributed by atoms with Crippen LogP contribution >= 0.6 is 0 Å². The van der Waals surface area contributed by atoms with Gasteiger partial charge in [-0.05, 0) is 11.5 Å². The fourth-order valence-electron chi connectivity index (χ4n) is 1.44. The first-order valence-corrected chi connectivity index (χ1v) is 6.18. The molecule has 0 saturated carbocycles. The topological polar surface area (TPSA) is 75.6 Å². The van der Waals surface area contributed by atoms with Crippen LogP contribution in [0.15, 0.2) is 30.3 Å². The molecule has 2 unspecified atom stereocenters. The van der Waals surface area contributed by atoms with E-state index in [1.807, 2.05) is 30.3 Å². The van der Waals surface area contributed by atoms with E-state index in [0.717, 1.165) is 5.56 Å². The van der Waals surface area contributed by atoms with E-state index in [1.54, 1.807) is 13.8 Å². The zero-order valence-corrected chi connectivity index (χ0v) is 11.1. The predicted octanol–water partition coefficient (Wildman–Crippen LogP) is 2.27. The number of nitrogens with one attached hydrogen (secondary N) is 1. The molecule has 2 N–H and O–H groups in total. The molecule has 2 atom stereocenters. The summed E-state index contributed by atoms with van der Waals surface area (Å²) in [6.07, 6.45) is -0.534. The first kappa shape index (κ1) is 15.0. The SMILES string of the molecule is CC(CNC(=O)OCc1ccccc1)C(C)C(=O)O. The lowest BCUT2D eigenvalue weighted by Crippen LogP contribution is -2.33. The van der Waals surface area contributed by atoms with E-state index in [9.17, 15) is 9.59 Å². The number of carboxylic acid groups (broad SMARTS) is 1. The molecule has 0 saturated heterocycles. The molecule has 0 aliphatic heterocycles. The highest BCUT2D eigenvalue weighted by molar-refractivity contribution is 5.70. The van der Waals surface area contributed by atoms with E-state index < -0.39 is 18.0 Å². The minimum Gasteiger partial charge on any atom is -0.481 e. The molecule has 0 radical (unpaired) electrons. The largest absolute Gasteiger partial charge is 0.481 e. The van der Waals surface area contributed by atoms with Crippen molar-refractivity contribution in [2.24, 2.45) is 11.8 Å². The third-order valence-corrected chi connectivity index (χ3v) is 3.02. The van der Waals surface area contributed by atoms with Crippen LogP contribution in [-0.2, 0) is 16.1 Å². The van der Waals surface area contributed by atoms with Gasteiger partial charge in [0.1, 0.15) is 6.61 Å². The van der Waals surface area contributed by atoms with Crippen LogP contribution in [0.25, 0.3) is 0 Å². The summed E-state index contributed by atoms with van der Waals surface area (Å²) >= 11 is 0. The molecule has 1 aromatic carbocycles. The summed E-state index contributed by atoms with van der Waals surface area (Å²) in [5.41, 5.74) is 0.907. The Labute approximate surface area is 112 Å². The molecule has 5 heteroatoms. The van der Waals surface area contributed by atoms with E-state index in [2.05, 4.69) is 5.32 Å². The van der Waals surface area contributed by atoms with Gasteiger partial charge in [-0.2, -0.15) is 0 Å². The lowest BCUT2D eigenvalue weighted by molar-refractivity contribution is -0.142. The minimum absolute atomic E-state index is 0.151. The van der Waals surface area contributed by atoms with Crippen LogP contribution < -0.4 is 5.32 Å². The smallest absolute Gasteiger partial charge is 0.407 e. The van der Waals surface area contributed by atoms with Gasteiger partial charge in [0, 0.05) is 6.54 Å². The van der Waals surface area contributed by atoms with Crippen LogP contribution in [0.5, 0.6) is 0 Å². The Balaban J connectivity index is 2.27. The molecular weight excluding hydrogens is 246 g/mol. The van der Waals surface area contributed by atoms with Crippen molar-refractivity contribution in [1.82, 2.24) is 5.32 Å². The molecule has 0 heterocycles. The summed E-state index contributed by atoms with van der Waals surface area (Å²) in [5.74, 6) is -1.52. The Morgan fingerprint density at radius 1 is 1.26 bits per heavy atom. The molecule has 0 spiro atoms. The van der Waals surface area contributed by atoms with Gasteiger partial charge < -0.3 is 15.2 Å². The van der Waals surface area contributed by atoms with Crippen molar-refractivity contribution in [1.29, 1.82) is 0 Å². The number of hydrogen-bond donors (Lipinski definition) is 2. The van der Waals surface area contributed by atoms with Crippen LogP contribution in [0.4, 0.5) is 4.79 Å². The molecule has 0 aromatic heterocycles. The number of aliphatic carboxylic acids is 1. The summed E-state index contributed by atoms with van der Waals surface area (Å²) in [5, 5.41) is 11.4. The van der Waals surface area contributed by atoms with Crippen molar-refractivity contribution in [2.45, 2.75) is 20.5 Å². The Kier molecular flexibility index (Phi) is 5.85.